The lowest BCUT2D eigenvalue weighted by molar-refractivity contribution is 0.627. The third-order valence-corrected chi connectivity index (χ3v) is 4.05. The Morgan fingerprint density at radius 2 is 1.68 bits per heavy atom. The lowest BCUT2D eigenvalue weighted by atomic mass is 10.1. The van der Waals surface area contributed by atoms with Crippen molar-refractivity contribution >= 4 is 23.2 Å². The highest BCUT2D eigenvalue weighted by Crippen LogP contribution is 2.35. The summed E-state index contributed by atoms with van der Waals surface area (Å²) < 4.78 is 13.0. The number of rotatable bonds is 3. The van der Waals surface area contributed by atoms with Crippen molar-refractivity contribution in [3.05, 3.63) is 75.4 Å². The van der Waals surface area contributed by atoms with Crippen molar-refractivity contribution in [2.45, 2.75) is 13.3 Å². The van der Waals surface area contributed by atoms with Gasteiger partial charge >= 0.3 is 0 Å². The molecule has 0 atom stereocenters. The van der Waals surface area contributed by atoms with Crippen molar-refractivity contribution in [1.82, 2.24) is 9.97 Å². The molecular formula is C17H13Cl2FN2. The average Bonchev–Trinajstić information content (AvgIpc) is 2.82. The number of halogens is 3. The Bertz CT molecular complexity index is 790. The third-order valence-electron chi connectivity index (χ3n) is 3.42. The number of aromatic amines is 1. The van der Waals surface area contributed by atoms with Crippen LogP contribution < -0.4 is 0 Å². The summed E-state index contributed by atoms with van der Waals surface area (Å²) in [5.74, 6) is 0.540. The molecule has 0 radical (unpaired) electrons. The van der Waals surface area contributed by atoms with Crippen LogP contribution in [0.4, 0.5) is 4.39 Å². The molecule has 1 aromatic heterocycles. The number of imidazole rings is 1. The maximum Gasteiger partial charge on any atom is 0.123 e. The molecule has 5 heteroatoms. The summed E-state index contributed by atoms with van der Waals surface area (Å²) in [7, 11) is 0. The Morgan fingerprint density at radius 3 is 2.32 bits per heavy atom. The van der Waals surface area contributed by atoms with Gasteiger partial charge in [-0.15, -0.1) is 0 Å². The Hall–Kier alpha value is -1.84. The molecule has 0 amide bonds. The van der Waals surface area contributed by atoms with E-state index in [0.717, 1.165) is 28.3 Å². The lowest BCUT2D eigenvalue weighted by Gasteiger charge is -2.04. The molecule has 0 unspecified atom stereocenters. The fourth-order valence-electron chi connectivity index (χ4n) is 2.37. The lowest BCUT2D eigenvalue weighted by Crippen LogP contribution is -1.91. The van der Waals surface area contributed by atoms with Gasteiger partial charge in [0.1, 0.15) is 11.6 Å². The number of aryl methyl sites for hydroxylation is 1. The van der Waals surface area contributed by atoms with Crippen molar-refractivity contribution in [3.8, 4) is 11.3 Å². The van der Waals surface area contributed by atoms with Gasteiger partial charge in [0.25, 0.3) is 0 Å². The van der Waals surface area contributed by atoms with E-state index in [-0.39, 0.29) is 5.82 Å². The molecule has 22 heavy (non-hydrogen) atoms. The molecule has 0 aliphatic rings. The monoisotopic (exact) mass is 334 g/mol. The first-order valence-electron chi connectivity index (χ1n) is 6.79. The standard InChI is InChI=1S/C17H13Cl2FN2/c1-10-17(16-13(18)3-2-4-14(16)19)22-15(21-10)9-11-5-7-12(20)8-6-11/h2-8H,9H2,1H3,(H,21,22). The Morgan fingerprint density at radius 1 is 1.05 bits per heavy atom. The summed E-state index contributed by atoms with van der Waals surface area (Å²) >= 11 is 12.5. The first-order chi connectivity index (χ1) is 10.5. The molecule has 1 heterocycles. The number of nitrogens with zero attached hydrogens (tertiary/aromatic N) is 1. The molecule has 0 saturated carbocycles. The molecule has 0 saturated heterocycles. The molecule has 0 bridgehead atoms. The van der Waals surface area contributed by atoms with Gasteiger partial charge in [0.15, 0.2) is 0 Å². The highest BCUT2D eigenvalue weighted by atomic mass is 35.5. The fraction of sp³-hybridized carbons (Fsp3) is 0.118. The summed E-state index contributed by atoms with van der Waals surface area (Å²) in [5, 5.41) is 1.13. The Balaban J connectivity index is 1.96. The van der Waals surface area contributed by atoms with Gasteiger partial charge in [0.2, 0.25) is 0 Å². The normalized spacial score (nSPS) is 10.9. The molecule has 1 N–H and O–H groups in total. The molecule has 3 rings (SSSR count). The van der Waals surface area contributed by atoms with Crippen molar-refractivity contribution in [1.29, 1.82) is 0 Å². The van der Waals surface area contributed by atoms with Gasteiger partial charge in [-0.3, -0.25) is 0 Å². The van der Waals surface area contributed by atoms with E-state index >= 15 is 0 Å². The van der Waals surface area contributed by atoms with Gasteiger partial charge in [-0.05, 0) is 36.8 Å². The van der Waals surface area contributed by atoms with E-state index in [1.165, 1.54) is 12.1 Å². The summed E-state index contributed by atoms with van der Waals surface area (Å²) in [6, 6.07) is 11.8. The topological polar surface area (TPSA) is 28.7 Å². The quantitative estimate of drug-likeness (QED) is 0.680. The van der Waals surface area contributed by atoms with Crippen molar-refractivity contribution in [2.75, 3.05) is 0 Å². The summed E-state index contributed by atoms with van der Waals surface area (Å²) in [6.45, 7) is 1.93. The molecule has 112 valence electrons. The second-order valence-corrected chi connectivity index (χ2v) is 5.87. The van der Waals surface area contributed by atoms with Gasteiger partial charge in [0.05, 0.1) is 15.7 Å². The SMILES string of the molecule is Cc1[nH]c(Cc2ccc(F)cc2)nc1-c1c(Cl)cccc1Cl. The van der Waals surface area contributed by atoms with Crippen LogP contribution in [0.25, 0.3) is 11.3 Å². The van der Waals surface area contributed by atoms with E-state index in [1.807, 2.05) is 6.92 Å². The minimum Gasteiger partial charge on any atom is -0.345 e. The van der Waals surface area contributed by atoms with Crippen LogP contribution in [0.2, 0.25) is 10.0 Å². The summed E-state index contributed by atoms with van der Waals surface area (Å²) in [4.78, 5) is 7.84. The number of hydrogen-bond acceptors (Lipinski definition) is 1. The van der Waals surface area contributed by atoms with Crippen LogP contribution in [0.5, 0.6) is 0 Å². The highest BCUT2D eigenvalue weighted by molar-refractivity contribution is 6.39. The van der Waals surface area contributed by atoms with Crippen molar-refractivity contribution in [2.24, 2.45) is 0 Å². The summed E-state index contributed by atoms with van der Waals surface area (Å²) in [5.41, 5.74) is 3.34. The number of aromatic nitrogens is 2. The molecule has 3 aromatic rings. The van der Waals surface area contributed by atoms with E-state index in [4.69, 9.17) is 23.2 Å². The first-order valence-corrected chi connectivity index (χ1v) is 7.54. The van der Waals surface area contributed by atoms with E-state index in [9.17, 15) is 4.39 Å². The van der Waals surface area contributed by atoms with Crippen LogP contribution in [-0.4, -0.2) is 9.97 Å². The maximum absolute atomic E-state index is 13.0. The van der Waals surface area contributed by atoms with Crippen LogP contribution in [0.1, 0.15) is 17.1 Å². The zero-order valence-electron chi connectivity index (χ0n) is 11.8. The van der Waals surface area contributed by atoms with Crippen LogP contribution in [0.15, 0.2) is 42.5 Å². The van der Waals surface area contributed by atoms with E-state index in [0.29, 0.717) is 16.5 Å². The van der Waals surface area contributed by atoms with Gasteiger partial charge in [-0.2, -0.15) is 0 Å². The maximum atomic E-state index is 13.0. The van der Waals surface area contributed by atoms with Crippen LogP contribution >= 0.6 is 23.2 Å². The molecule has 0 aliphatic heterocycles. The van der Waals surface area contributed by atoms with E-state index in [2.05, 4.69) is 9.97 Å². The van der Waals surface area contributed by atoms with Crippen LogP contribution in [-0.2, 0) is 6.42 Å². The molecule has 0 aliphatic carbocycles. The average molecular weight is 335 g/mol. The predicted molar refractivity (Wildman–Crippen MR) is 88.0 cm³/mol. The predicted octanol–water partition coefficient (Wildman–Crippen LogP) is 5.42. The number of nitrogens with one attached hydrogen (secondary N) is 1. The van der Waals surface area contributed by atoms with Gasteiger partial charge in [-0.25, -0.2) is 9.37 Å². The molecule has 0 spiro atoms. The van der Waals surface area contributed by atoms with Gasteiger partial charge in [-0.1, -0.05) is 41.4 Å². The van der Waals surface area contributed by atoms with Gasteiger partial charge < -0.3 is 4.98 Å². The van der Waals surface area contributed by atoms with Crippen molar-refractivity contribution < 1.29 is 4.39 Å². The van der Waals surface area contributed by atoms with Crippen molar-refractivity contribution in [3.63, 3.8) is 0 Å². The fourth-order valence-corrected chi connectivity index (χ4v) is 2.95. The zero-order valence-corrected chi connectivity index (χ0v) is 13.3. The van der Waals surface area contributed by atoms with Crippen LogP contribution in [0, 0.1) is 12.7 Å². The third kappa shape index (κ3) is 3.01. The Kier molecular flexibility index (Phi) is 4.19. The molecule has 2 aromatic carbocycles. The second kappa shape index (κ2) is 6.11. The van der Waals surface area contributed by atoms with Crippen LogP contribution in [0.3, 0.4) is 0 Å². The second-order valence-electron chi connectivity index (χ2n) is 5.06. The summed E-state index contributed by atoms with van der Waals surface area (Å²) in [6.07, 6.45) is 0.586. The molecule has 0 fully saturated rings. The minimum absolute atomic E-state index is 0.247. The Labute approximate surface area is 137 Å². The minimum atomic E-state index is -0.247. The smallest absolute Gasteiger partial charge is 0.123 e. The van der Waals surface area contributed by atoms with Gasteiger partial charge in [0, 0.05) is 17.7 Å². The van der Waals surface area contributed by atoms with E-state index < -0.39 is 0 Å². The van der Waals surface area contributed by atoms with E-state index in [1.54, 1.807) is 30.3 Å². The zero-order chi connectivity index (χ0) is 15.7. The largest absolute Gasteiger partial charge is 0.345 e. The molecular weight excluding hydrogens is 322 g/mol. The highest BCUT2D eigenvalue weighted by Gasteiger charge is 2.15. The number of hydrogen-bond donors (Lipinski definition) is 1. The molecule has 2 nitrogen and oxygen atoms in total. The first kappa shape index (κ1) is 15.1. The number of H-pyrrole nitrogens is 1. The number of benzene rings is 2.